The minimum Gasteiger partial charge on any atom is -0.313 e. The average molecular weight is 242 g/mol. The number of aromatic nitrogens is 3. The molecule has 4 nitrogen and oxygen atoms in total. The summed E-state index contributed by atoms with van der Waals surface area (Å²) < 4.78 is 2.04. The summed E-state index contributed by atoms with van der Waals surface area (Å²) >= 11 is 1.78. The van der Waals surface area contributed by atoms with E-state index in [2.05, 4.69) is 36.3 Å². The lowest BCUT2D eigenvalue weighted by molar-refractivity contribution is 0.540. The van der Waals surface area contributed by atoms with Crippen molar-refractivity contribution in [2.45, 2.75) is 50.6 Å². The van der Waals surface area contributed by atoms with Crippen molar-refractivity contribution < 1.29 is 0 Å². The van der Waals surface area contributed by atoms with Gasteiger partial charge in [0.25, 0.3) is 0 Å². The number of hydrogen-bond donors (Lipinski definition) is 1. The summed E-state index contributed by atoms with van der Waals surface area (Å²) in [5, 5.41) is 13.2. The van der Waals surface area contributed by atoms with Gasteiger partial charge < -0.3 is 9.88 Å². The molecule has 0 fully saturated rings. The van der Waals surface area contributed by atoms with E-state index in [1.807, 2.05) is 18.5 Å². The van der Waals surface area contributed by atoms with Crippen molar-refractivity contribution in [3.8, 4) is 0 Å². The van der Waals surface area contributed by atoms with E-state index in [0.717, 1.165) is 17.5 Å². The third-order valence-electron chi connectivity index (χ3n) is 2.76. The van der Waals surface area contributed by atoms with Crippen molar-refractivity contribution >= 4 is 11.8 Å². The number of aryl methyl sites for hydroxylation is 1. The first kappa shape index (κ1) is 13.5. The Morgan fingerprint density at radius 1 is 1.38 bits per heavy atom. The summed E-state index contributed by atoms with van der Waals surface area (Å²) in [6.07, 6.45) is 1.17. The first-order chi connectivity index (χ1) is 7.56. The first-order valence-corrected chi connectivity index (χ1v) is 6.70. The lowest BCUT2D eigenvalue weighted by Gasteiger charge is -2.19. The zero-order chi connectivity index (χ0) is 12.1. The molecule has 2 atom stereocenters. The molecule has 1 heterocycles. The minimum atomic E-state index is 0.488. The Labute approximate surface area is 102 Å². The summed E-state index contributed by atoms with van der Waals surface area (Å²) in [4.78, 5) is 0. The number of thioether (sulfide) groups is 1. The fourth-order valence-corrected chi connectivity index (χ4v) is 2.31. The van der Waals surface area contributed by atoms with Crippen molar-refractivity contribution in [1.29, 1.82) is 0 Å². The van der Waals surface area contributed by atoms with Gasteiger partial charge in [0, 0.05) is 18.3 Å². The van der Waals surface area contributed by atoms with E-state index in [9.17, 15) is 0 Å². The van der Waals surface area contributed by atoms with Gasteiger partial charge in [0.15, 0.2) is 5.16 Å². The molecule has 0 saturated carbocycles. The van der Waals surface area contributed by atoms with Crippen molar-refractivity contribution in [1.82, 2.24) is 20.1 Å². The maximum absolute atomic E-state index is 4.17. The monoisotopic (exact) mass is 242 g/mol. The third-order valence-corrected chi connectivity index (χ3v) is 4.11. The molecule has 0 radical (unpaired) electrons. The fraction of sp³-hybridized carbons (Fsp3) is 0.818. The van der Waals surface area contributed by atoms with Crippen molar-refractivity contribution in [3.63, 3.8) is 0 Å². The van der Waals surface area contributed by atoms with E-state index in [0.29, 0.717) is 11.3 Å². The van der Waals surface area contributed by atoms with Gasteiger partial charge in [0.2, 0.25) is 0 Å². The molecule has 16 heavy (non-hydrogen) atoms. The predicted octanol–water partition coefficient (Wildman–Crippen LogP) is 1.99. The van der Waals surface area contributed by atoms with Crippen LogP contribution in [0, 0.1) is 6.92 Å². The van der Waals surface area contributed by atoms with E-state index in [1.54, 1.807) is 11.8 Å². The quantitative estimate of drug-likeness (QED) is 0.775. The van der Waals surface area contributed by atoms with Crippen LogP contribution in [0.3, 0.4) is 0 Å². The van der Waals surface area contributed by atoms with Gasteiger partial charge in [-0.1, -0.05) is 25.6 Å². The number of nitrogens with one attached hydrogen (secondary N) is 1. The standard InChI is InChI=1S/C11H22N4S/c1-6-7-12-8(2)9(3)16-11-14-13-10(4)15(11)5/h8-9,12H,6-7H2,1-5H3. The number of nitrogens with zero attached hydrogens (tertiary/aromatic N) is 3. The second kappa shape index (κ2) is 6.25. The highest BCUT2D eigenvalue weighted by molar-refractivity contribution is 7.99. The van der Waals surface area contributed by atoms with E-state index < -0.39 is 0 Å². The normalized spacial score (nSPS) is 15.1. The maximum atomic E-state index is 4.17. The van der Waals surface area contributed by atoms with E-state index in [4.69, 9.17) is 0 Å². The molecule has 0 bridgehead atoms. The molecule has 92 valence electrons. The molecule has 0 amide bonds. The first-order valence-electron chi connectivity index (χ1n) is 5.82. The highest BCUT2D eigenvalue weighted by Crippen LogP contribution is 2.23. The molecule has 1 N–H and O–H groups in total. The van der Waals surface area contributed by atoms with Gasteiger partial charge in [-0.15, -0.1) is 10.2 Å². The van der Waals surface area contributed by atoms with E-state index in [-0.39, 0.29) is 0 Å². The second-order valence-electron chi connectivity index (χ2n) is 4.15. The predicted molar refractivity (Wildman–Crippen MR) is 68.8 cm³/mol. The average Bonchev–Trinajstić information content (AvgIpc) is 2.57. The van der Waals surface area contributed by atoms with Crippen LogP contribution in [0.2, 0.25) is 0 Å². The number of rotatable bonds is 6. The largest absolute Gasteiger partial charge is 0.313 e. The van der Waals surface area contributed by atoms with Gasteiger partial charge in [-0.05, 0) is 26.8 Å². The molecule has 0 saturated heterocycles. The van der Waals surface area contributed by atoms with E-state index >= 15 is 0 Å². The Kier molecular flexibility index (Phi) is 5.28. The highest BCUT2D eigenvalue weighted by Gasteiger charge is 2.16. The molecule has 0 spiro atoms. The molecule has 1 aromatic rings. The SMILES string of the molecule is CCCNC(C)C(C)Sc1nnc(C)n1C. The zero-order valence-corrected chi connectivity index (χ0v) is 11.6. The van der Waals surface area contributed by atoms with Crippen molar-refractivity contribution in [2.75, 3.05) is 6.54 Å². The molecular weight excluding hydrogens is 220 g/mol. The van der Waals surface area contributed by atoms with Gasteiger partial charge in [-0.3, -0.25) is 0 Å². The van der Waals surface area contributed by atoms with E-state index in [1.165, 1.54) is 6.42 Å². The Morgan fingerprint density at radius 3 is 2.56 bits per heavy atom. The van der Waals surface area contributed by atoms with Crippen LogP contribution < -0.4 is 5.32 Å². The van der Waals surface area contributed by atoms with Crippen molar-refractivity contribution in [3.05, 3.63) is 5.82 Å². The highest BCUT2D eigenvalue weighted by atomic mass is 32.2. The molecule has 0 aromatic carbocycles. The maximum Gasteiger partial charge on any atom is 0.191 e. The summed E-state index contributed by atoms with van der Waals surface area (Å²) in [6.45, 7) is 9.67. The van der Waals surface area contributed by atoms with Gasteiger partial charge in [-0.2, -0.15) is 0 Å². The van der Waals surface area contributed by atoms with Crippen LogP contribution in [0.25, 0.3) is 0 Å². The lowest BCUT2D eigenvalue weighted by Crippen LogP contribution is -2.34. The molecule has 0 aliphatic carbocycles. The number of hydrogen-bond acceptors (Lipinski definition) is 4. The summed E-state index contributed by atoms with van der Waals surface area (Å²) in [7, 11) is 2.01. The van der Waals surface area contributed by atoms with Crippen LogP contribution in [-0.4, -0.2) is 32.6 Å². The smallest absolute Gasteiger partial charge is 0.191 e. The Hall–Kier alpha value is -0.550. The molecule has 1 aromatic heterocycles. The summed E-state index contributed by atoms with van der Waals surface area (Å²) in [5.41, 5.74) is 0. The van der Waals surface area contributed by atoms with Gasteiger partial charge >= 0.3 is 0 Å². The molecule has 0 aliphatic heterocycles. The fourth-order valence-electron chi connectivity index (χ4n) is 1.30. The second-order valence-corrected chi connectivity index (χ2v) is 5.50. The third kappa shape index (κ3) is 3.49. The Bertz CT molecular complexity index is 324. The summed E-state index contributed by atoms with van der Waals surface area (Å²) in [6, 6.07) is 0.488. The molecular formula is C11H22N4S. The lowest BCUT2D eigenvalue weighted by atomic mass is 10.2. The van der Waals surface area contributed by atoms with Crippen molar-refractivity contribution in [2.24, 2.45) is 7.05 Å². The van der Waals surface area contributed by atoms with Gasteiger partial charge in [0.05, 0.1) is 0 Å². The van der Waals surface area contributed by atoms with Crippen LogP contribution in [0.4, 0.5) is 0 Å². The topological polar surface area (TPSA) is 42.7 Å². The minimum absolute atomic E-state index is 0.488. The van der Waals surface area contributed by atoms with Crippen LogP contribution in [0.15, 0.2) is 5.16 Å². The van der Waals surface area contributed by atoms with Crippen LogP contribution >= 0.6 is 11.8 Å². The molecule has 1 rings (SSSR count). The molecule has 0 aliphatic rings. The van der Waals surface area contributed by atoms with Gasteiger partial charge in [-0.25, -0.2) is 0 Å². The molecule has 2 unspecified atom stereocenters. The van der Waals surface area contributed by atoms with Gasteiger partial charge in [0.1, 0.15) is 5.82 Å². The molecule has 5 heteroatoms. The summed E-state index contributed by atoms with van der Waals surface area (Å²) in [5.74, 6) is 0.962. The zero-order valence-electron chi connectivity index (χ0n) is 10.8. The Morgan fingerprint density at radius 2 is 2.06 bits per heavy atom. The van der Waals surface area contributed by atoms with Crippen LogP contribution in [-0.2, 0) is 7.05 Å². The Balaban J connectivity index is 2.50. The van der Waals surface area contributed by atoms with Crippen LogP contribution in [0.1, 0.15) is 33.0 Å². The van der Waals surface area contributed by atoms with Crippen LogP contribution in [0.5, 0.6) is 0 Å².